The molecular formula is C7H6S2. The fourth-order valence-electron chi connectivity index (χ4n) is 0.908. The first-order valence-electron chi connectivity index (χ1n) is 2.79. The van der Waals surface area contributed by atoms with Crippen molar-refractivity contribution >= 4 is 32.8 Å². The van der Waals surface area contributed by atoms with Crippen molar-refractivity contribution in [2.24, 2.45) is 0 Å². The summed E-state index contributed by atoms with van der Waals surface area (Å²) in [6, 6.07) is 2.19. The van der Waals surface area contributed by atoms with E-state index in [4.69, 9.17) is 0 Å². The molecular weight excluding hydrogens is 148 g/mol. The SMILES string of the molecule is Cc1scc2sccc12. The van der Waals surface area contributed by atoms with E-state index in [0.29, 0.717) is 0 Å². The lowest BCUT2D eigenvalue weighted by molar-refractivity contribution is 1.70. The van der Waals surface area contributed by atoms with Crippen molar-refractivity contribution in [3.8, 4) is 0 Å². The minimum Gasteiger partial charge on any atom is -0.147 e. The lowest BCUT2D eigenvalue weighted by Gasteiger charge is -1.75. The highest BCUT2D eigenvalue weighted by Gasteiger charge is 1.97. The molecule has 0 aliphatic heterocycles. The van der Waals surface area contributed by atoms with Gasteiger partial charge >= 0.3 is 0 Å². The first kappa shape index (κ1) is 5.45. The van der Waals surface area contributed by atoms with Crippen molar-refractivity contribution in [2.45, 2.75) is 6.92 Å². The van der Waals surface area contributed by atoms with Gasteiger partial charge in [0.15, 0.2) is 0 Å². The Morgan fingerprint density at radius 1 is 1.33 bits per heavy atom. The Hall–Kier alpha value is -0.340. The van der Waals surface area contributed by atoms with Gasteiger partial charge in [-0.1, -0.05) is 0 Å². The average molecular weight is 154 g/mol. The predicted molar refractivity (Wildman–Crippen MR) is 44.4 cm³/mol. The fourth-order valence-corrected chi connectivity index (χ4v) is 2.75. The molecule has 0 aliphatic rings. The van der Waals surface area contributed by atoms with Gasteiger partial charge in [0.05, 0.1) is 0 Å². The largest absolute Gasteiger partial charge is 0.147 e. The molecule has 0 fully saturated rings. The lowest BCUT2D eigenvalue weighted by atomic mass is 10.3. The highest BCUT2D eigenvalue weighted by Crippen LogP contribution is 2.28. The number of thiophene rings is 2. The summed E-state index contributed by atoms with van der Waals surface area (Å²) in [4.78, 5) is 1.44. The molecule has 2 aromatic heterocycles. The maximum Gasteiger partial charge on any atom is 0.0452 e. The van der Waals surface area contributed by atoms with Gasteiger partial charge in [-0.3, -0.25) is 0 Å². The van der Waals surface area contributed by atoms with E-state index >= 15 is 0 Å². The second kappa shape index (κ2) is 1.82. The third-order valence-corrected chi connectivity index (χ3v) is 3.36. The molecule has 0 bridgehead atoms. The molecule has 0 atom stereocenters. The van der Waals surface area contributed by atoms with Gasteiger partial charge in [-0.15, -0.1) is 22.7 Å². The molecule has 0 aromatic carbocycles. The Labute approximate surface area is 61.8 Å². The highest BCUT2D eigenvalue weighted by molar-refractivity contribution is 7.22. The van der Waals surface area contributed by atoms with Crippen molar-refractivity contribution in [1.82, 2.24) is 0 Å². The van der Waals surface area contributed by atoms with Crippen molar-refractivity contribution in [3.63, 3.8) is 0 Å². The summed E-state index contributed by atoms with van der Waals surface area (Å²) in [6.45, 7) is 2.17. The first-order valence-corrected chi connectivity index (χ1v) is 4.55. The quantitative estimate of drug-likeness (QED) is 0.546. The van der Waals surface area contributed by atoms with E-state index in [-0.39, 0.29) is 0 Å². The molecule has 2 aromatic rings. The fraction of sp³-hybridized carbons (Fsp3) is 0.143. The minimum absolute atomic E-state index is 1.43. The van der Waals surface area contributed by atoms with Crippen LogP contribution in [0.5, 0.6) is 0 Å². The molecule has 0 N–H and O–H groups in total. The normalized spacial score (nSPS) is 10.8. The summed E-state index contributed by atoms with van der Waals surface area (Å²) in [7, 11) is 0. The molecule has 2 heterocycles. The average Bonchev–Trinajstić information content (AvgIpc) is 2.35. The predicted octanol–water partition coefficient (Wildman–Crippen LogP) is 3.27. The van der Waals surface area contributed by atoms with Gasteiger partial charge < -0.3 is 0 Å². The second-order valence-electron chi connectivity index (χ2n) is 1.99. The number of rotatable bonds is 0. The molecule has 0 saturated carbocycles. The topological polar surface area (TPSA) is 0 Å². The number of hydrogen-bond donors (Lipinski definition) is 0. The van der Waals surface area contributed by atoms with Gasteiger partial charge in [0.25, 0.3) is 0 Å². The van der Waals surface area contributed by atoms with E-state index in [1.807, 2.05) is 22.7 Å². The van der Waals surface area contributed by atoms with Crippen LogP contribution < -0.4 is 0 Å². The van der Waals surface area contributed by atoms with Crippen LogP contribution in [0.25, 0.3) is 10.1 Å². The van der Waals surface area contributed by atoms with E-state index in [9.17, 15) is 0 Å². The summed E-state index contributed by atoms with van der Waals surface area (Å²) in [5, 5.41) is 5.80. The summed E-state index contributed by atoms with van der Waals surface area (Å²) in [5.41, 5.74) is 0. The zero-order valence-electron chi connectivity index (χ0n) is 5.05. The molecule has 0 saturated heterocycles. The Kier molecular flexibility index (Phi) is 1.10. The Balaban J connectivity index is 2.99. The molecule has 9 heavy (non-hydrogen) atoms. The lowest BCUT2D eigenvalue weighted by Crippen LogP contribution is -1.52. The Bertz CT molecular complexity index is 316. The van der Waals surface area contributed by atoms with E-state index < -0.39 is 0 Å². The van der Waals surface area contributed by atoms with Gasteiger partial charge in [-0.25, -0.2) is 0 Å². The van der Waals surface area contributed by atoms with Gasteiger partial charge in [-0.05, 0) is 18.4 Å². The molecule has 0 amide bonds. The summed E-state index contributed by atoms with van der Waals surface area (Å²) >= 11 is 3.65. The van der Waals surface area contributed by atoms with Crippen molar-refractivity contribution < 1.29 is 0 Å². The smallest absolute Gasteiger partial charge is 0.0452 e. The molecule has 0 spiro atoms. The van der Waals surface area contributed by atoms with Crippen LogP contribution in [0.1, 0.15) is 4.88 Å². The van der Waals surface area contributed by atoms with E-state index in [1.165, 1.54) is 15.0 Å². The minimum atomic E-state index is 1.43. The summed E-state index contributed by atoms with van der Waals surface area (Å²) in [6.07, 6.45) is 0. The maximum atomic E-state index is 2.22. The molecule has 0 aliphatic carbocycles. The van der Waals surface area contributed by atoms with Crippen LogP contribution in [0.4, 0.5) is 0 Å². The monoisotopic (exact) mass is 154 g/mol. The van der Waals surface area contributed by atoms with Crippen LogP contribution in [0.2, 0.25) is 0 Å². The van der Waals surface area contributed by atoms with Gasteiger partial charge in [0.2, 0.25) is 0 Å². The Morgan fingerprint density at radius 2 is 2.22 bits per heavy atom. The van der Waals surface area contributed by atoms with Gasteiger partial charge in [-0.2, -0.15) is 0 Å². The zero-order chi connectivity index (χ0) is 6.27. The summed E-state index contributed by atoms with van der Waals surface area (Å²) < 4.78 is 1.43. The molecule has 46 valence electrons. The van der Waals surface area contributed by atoms with Crippen molar-refractivity contribution in [2.75, 3.05) is 0 Å². The number of fused-ring (bicyclic) bond motifs is 1. The van der Waals surface area contributed by atoms with E-state index in [1.54, 1.807) is 0 Å². The molecule has 0 unspecified atom stereocenters. The van der Waals surface area contributed by atoms with Gasteiger partial charge in [0.1, 0.15) is 0 Å². The third-order valence-electron chi connectivity index (χ3n) is 1.42. The molecule has 2 rings (SSSR count). The van der Waals surface area contributed by atoms with E-state index in [0.717, 1.165) is 0 Å². The van der Waals surface area contributed by atoms with Crippen LogP contribution in [-0.2, 0) is 0 Å². The third kappa shape index (κ3) is 0.705. The van der Waals surface area contributed by atoms with E-state index in [2.05, 4.69) is 23.8 Å². The van der Waals surface area contributed by atoms with Crippen molar-refractivity contribution in [3.05, 3.63) is 21.7 Å². The molecule has 0 nitrogen and oxygen atoms in total. The zero-order valence-corrected chi connectivity index (χ0v) is 6.68. The van der Waals surface area contributed by atoms with Crippen LogP contribution in [0, 0.1) is 6.92 Å². The number of hydrogen-bond acceptors (Lipinski definition) is 2. The maximum absolute atomic E-state index is 2.22. The van der Waals surface area contributed by atoms with Gasteiger partial charge in [0, 0.05) is 20.3 Å². The number of aryl methyl sites for hydroxylation is 1. The molecule has 0 radical (unpaired) electrons. The molecule has 2 heteroatoms. The van der Waals surface area contributed by atoms with Crippen LogP contribution in [0.15, 0.2) is 16.8 Å². The Morgan fingerprint density at radius 3 is 3.00 bits per heavy atom. The highest BCUT2D eigenvalue weighted by atomic mass is 32.1. The van der Waals surface area contributed by atoms with Crippen molar-refractivity contribution in [1.29, 1.82) is 0 Å². The van der Waals surface area contributed by atoms with Crippen LogP contribution in [-0.4, -0.2) is 0 Å². The van der Waals surface area contributed by atoms with Crippen LogP contribution >= 0.6 is 22.7 Å². The second-order valence-corrected chi connectivity index (χ2v) is 4.02. The van der Waals surface area contributed by atoms with Crippen LogP contribution in [0.3, 0.4) is 0 Å². The standard InChI is InChI=1S/C7H6S2/c1-5-6-2-3-8-7(6)4-9-5/h2-4H,1H3. The summed E-state index contributed by atoms with van der Waals surface area (Å²) in [5.74, 6) is 0. The first-order chi connectivity index (χ1) is 4.38.